The second kappa shape index (κ2) is 5.68. The van der Waals surface area contributed by atoms with Crippen molar-refractivity contribution >= 4 is 28.7 Å². The molecule has 0 radical (unpaired) electrons. The van der Waals surface area contributed by atoms with Gasteiger partial charge in [-0.15, -0.1) is 5.10 Å². The van der Waals surface area contributed by atoms with E-state index in [1.807, 2.05) is 18.2 Å². The molecule has 3 aromatic rings. The molecule has 0 saturated heterocycles. The number of fused-ring (bicyclic) bond motifs is 1. The van der Waals surface area contributed by atoms with E-state index in [2.05, 4.69) is 20.7 Å². The van der Waals surface area contributed by atoms with Crippen LogP contribution in [0.15, 0.2) is 41.1 Å². The summed E-state index contributed by atoms with van der Waals surface area (Å²) in [5.74, 6) is -0.382. The molecule has 2 aromatic heterocycles. The SMILES string of the molecule is CNC(=O)Cn1cnc(NC(=O)c2cc3ccccc3o2)n1. The van der Waals surface area contributed by atoms with Gasteiger partial charge in [0, 0.05) is 12.4 Å². The van der Waals surface area contributed by atoms with E-state index in [0.29, 0.717) is 5.58 Å². The van der Waals surface area contributed by atoms with Gasteiger partial charge in [0.05, 0.1) is 0 Å². The minimum atomic E-state index is -0.450. The fraction of sp³-hybridized carbons (Fsp3) is 0.143. The maximum Gasteiger partial charge on any atom is 0.293 e. The van der Waals surface area contributed by atoms with Crippen molar-refractivity contribution in [3.05, 3.63) is 42.4 Å². The van der Waals surface area contributed by atoms with Crippen LogP contribution in [0.5, 0.6) is 0 Å². The lowest BCUT2D eigenvalue weighted by atomic mass is 10.2. The third-order valence-corrected chi connectivity index (χ3v) is 3.00. The highest BCUT2D eigenvalue weighted by Gasteiger charge is 2.14. The number of anilines is 1. The van der Waals surface area contributed by atoms with Crippen molar-refractivity contribution in [1.29, 1.82) is 0 Å². The average Bonchev–Trinajstić information content (AvgIpc) is 3.13. The highest BCUT2D eigenvalue weighted by atomic mass is 16.3. The molecule has 112 valence electrons. The molecule has 3 rings (SSSR count). The summed E-state index contributed by atoms with van der Waals surface area (Å²) in [5.41, 5.74) is 0.630. The zero-order chi connectivity index (χ0) is 15.5. The van der Waals surface area contributed by atoms with Crippen LogP contribution in [0.4, 0.5) is 5.95 Å². The lowest BCUT2D eigenvalue weighted by Crippen LogP contribution is -2.23. The molecular weight excluding hydrogens is 286 g/mol. The summed E-state index contributed by atoms with van der Waals surface area (Å²) in [5, 5.41) is 9.83. The van der Waals surface area contributed by atoms with E-state index in [1.54, 1.807) is 12.1 Å². The molecule has 22 heavy (non-hydrogen) atoms. The van der Waals surface area contributed by atoms with Crippen molar-refractivity contribution in [1.82, 2.24) is 20.1 Å². The lowest BCUT2D eigenvalue weighted by molar-refractivity contribution is -0.121. The van der Waals surface area contributed by atoms with Gasteiger partial charge in [0.1, 0.15) is 18.5 Å². The van der Waals surface area contributed by atoms with Gasteiger partial charge in [0.15, 0.2) is 5.76 Å². The quantitative estimate of drug-likeness (QED) is 0.749. The molecule has 0 aliphatic rings. The maximum atomic E-state index is 12.1. The fourth-order valence-corrected chi connectivity index (χ4v) is 1.91. The van der Waals surface area contributed by atoms with Gasteiger partial charge in [-0.2, -0.15) is 0 Å². The number of amides is 2. The summed E-state index contributed by atoms with van der Waals surface area (Å²) in [4.78, 5) is 27.3. The minimum absolute atomic E-state index is 0.0318. The lowest BCUT2D eigenvalue weighted by Gasteiger charge is -1.98. The molecule has 2 N–H and O–H groups in total. The predicted octanol–water partition coefficient (Wildman–Crippen LogP) is 1.02. The standard InChI is InChI=1S/C14H13N5O3/c1-15-12(20)7-19-8-16-14(18-19)17-13(21)11-6-9-4-2-3-5-10(9)22-11/h2-6,8H,7H2,1H3,(H,15,20)(H,17,18,21). The van der Waals surface area contributed by atoms with E-state index < -0.39 is 5.91 Å². The first-order chi connectivity index (χ1) is 10.7. The van der Waals surface area contributed by atoms with Gasteiger partial charge < -0.3 is 9.73 Å². The third kappa shape index (κ3) is 2.80. The number of hydrogen-bond donors (Lipinski definition) is 2. The van der Waals surface area contributed by atoms with Crippen molar-refractivity contribution in [3.63, 3.8) is 0 Å². The molecular formula is C14H13N5O3. The average molecular weight is 299 g/mol. The van der Waals surface area contributed by atoms with Crippen LogP contribution in [0.3, 0.4) is 0 Å². The number of carbonyl (C=O) groups is 2. The van der Waals surface area contributed by atoms with Gasteiger partial charge in [0.25, 0.3) is 5.91 Å². The Balaban J connectivity index is 1.72. The van der Waals surface area contributed by atoms with Gasteiger partial charge in [-0.05, 0) is 12.1 Å². The molecule has 0 fully saturated rings. The van der Waals surface area contributed by atoms with Crippen molar-refractivity contribution in [2.75, 3.05) is 12.4 Å². The number of aromatic nitrogens is 3. The van der Waals surface area contributed by atoms with Crippen LogP contribution in [0.2, 0.25) is 0 Å². The van der Waals surface area contributed by atoms with Crippen molar-refractivity contribution in [2.24, 2.45) is 0 Å². The largest absolute Gasteiger partial charge is 0.451 e. The van der Waals surface area contributed by atoms with Crippen molar-refractivity contribution in [3.8, 4) is 0 Å². The Labute approximate surface area is 125 Å². The van der Waals surface area contributed by atoms with Crippen LogP contribution in [0.25, 0.3) is 11.0 Å². The van der Waals surface area contributed by atoms with E-state index >= 15 is 0 Å². The number of nitrogens with one attached hydrogen (secondary N) is 2. The fourth-order valence-electron chi connectivity index (χ4n) is 1.91. The van der Waals surface area contributed by atoms with Crippen LogP contribution in [0.1, 0.15) is 10.6 Å². The number of likely N-dealkylation sites (N-methyl/N-ethyl adjacent to an activating group) is 1. The molecule has 0 spiro atoms. The number of benzene rings is 1. The molecule has 1 aromatic carbocycles. The highest BCUT2D eigenvalue weighted by molar-refractivity contribution is 6.03. The predicted molar refractivity (Wildman–Crippen MR) is 78.3 cm³/mol. The topological polar surface area (TPSA) is 102 Å². The molecule has 0 aliphatic carbocycles. The van der Waals surface area contributed by atoms with E-state index in [-0.39, 0.29) is 24.2 Å². The van der Waals surface area contributed by atoms with Crippen LogP contribution in [0, 0.1) is 0 Å². The number of furan rings is 1. The summed E-state index contributed by atoms with van der Waals surface area (Å²) >= 11 is 0. The normalized spacial score (nSPS) is 10.6. The van der Waals surface area contributed by atoms with Crippen LogP contribution in [-0.2, 0) is 11.3 Å². The Kier molecular flexibility index (Phi) is 3.57. The van der Waals surface area contributed by atoms with Crippen LogP contribution in [-0.4, -0.2) is 33.6 Å². The van der Waals surface area contributed by atoms with E-state index in [4.69, 9.17) is 4.42 Å². The monoisotopic (exact) mass is 299 g/mol. The summed E-state index contributed by atoms with van der Waals surface area (Å²) in [6, 6.07) is 8.97. The van der Waals surface area contributed by atoms with E-state index in [9.17, 15) is 9.59 Å². The van der Waals surface area contributed by atoms with Gasteiger partial charge in [-0.1, -0.05) is 18.2 Å². The number of carbonyl (C=O) groups excluding carboxylic acids is 2. The molecule has 0 atom stereocenters. The summed E-state index contributed by atoms with van der Waals surface area (Å²) in [6.45, 7) is 0.0318. The van der Waals surface area contributed by atoms with Crippen LogP contribution < -0.4 is 10.6 Å². The summed E-state index contributed by atoms with van der Waals surface area (Å²) < 4.78 is 6.78. The Morgan fingerprint density at radius 2 is 2.14 bits per heavy atom. The van der Waals surface area contributed by atoms with E-state index in [0.717, 1.165) is 5.39 Å². The van der Waals surface area contributed by atoms with Gasteiger partial charge in [-0.25, -0.2) is 9.67 Å². The molecule has 2 amide bonds. The zero-order valence-corrected chi connectivity index (χ0v) is 11.7. The molecule has 0 unspecified atom stereocenters. The Hall–Kier alpha value is -3.16. The van der Waals surface area contributed by atoms with Gasteiger partial charge >= 0.3 is 0 Å². The second-order valence-corrected chi connectivity index (χ2v) is 4.54. The smallest absolute Gasteiger partial charge is 0.293 e. The van der Waals surface area contributed by atoms with Gasteiger partial charge in [-0.3, -0.25) is 14.9 Å². The number of hydrogen-bond acceptors (Lipinski definition) is 5. The molecule has 0 bridgehead atoms. The van der Waals surface area contributed by atoms with E-state index in [1.165, 1.54) is 18.1 Å². The number of para-hydroxylation sites is 1. The number of nitrogens with zero attached hydrogens (tertiary/aromatic N) is 3. The summed E-state index contributed by atoms with van der Waals surface area (Å²) in [7, 11) is 1.53. The molecule has 0 aliphatic heterocycles. The molecule has 8 nitrogen and oxygen atoms in total. The third-order valence-electron chi connectivity index (χ3n) is 3.00. The Morgan fingerprint density at radius 1 is 1.32 bits per heavy atom. The molecule has 0 saturated carbocycles. The van der Waals surface area contributed by atoms with Crippen LogP contribution >= 0.6 is 0 Å². The minimum Gasteiger partial charge on any atom is -0.451 e. The maximum absolute atomic E-state index is 12.1. The van der Waals surface area contributed by atoms with Gasteiger partial charge in [0.2, 0.25) is 11.9 Å². The first-order valence-corrected chi connectivity index (χ1v) is 6.55. The number of rotatable bonds is 4. The molecule has 8 heteroatoms. The molecule has 2 heterocycles. The zero-order valence-electron chi connectivity index (χ0n) is 11.7. The highest BCUT2D eigenvalue weighted by Crippen LogP contribution is 2.19. The second-order valence-electron chi connectivity index (χ2n) is 4.54. The van der Waals surface area contributed by atoms with Crippen molar-refractivity contribution < 1.29 is 14.0 Å². The Morgan fingerprint density at radius 3 is 2.91 bits per heavy atom. The Bertz CT molecular complexity index is 803. The summed E-state index contributed by atoms with van der Waals surface area (Å²) in [6.07, 6.45) is 1.36. The first kappa shape index (κ1) is 13.8. The van der Waals surface area contributed by atoms with Crippen molar-refractivity contribution in [2.45, 2.75) is 6.54 Å². The first-order valence-electron chi connectivity index (χ1n) is 6.55.